The van der Waals surface area contributed by atoms with E-state index in [1.165, 1.54) is 6.20 Å². The maximum absolute atomic E-state index is 12.7. The number of nitrogens with one attached hydrogen (secondary N) is 3. The van der Waals surface area contributed by atoms with Crippen LogP contribution in [0.15, 0.2) is 34.0 Å². The molecule has 2 aromatic heterocycles. The first-order chi connectivity index (χ1) is 12.5. The lowest BCUT2D eigenvalue weighted by molar-refractivity contribution is 0.0702. The van der Waals surface area contributed by atoms with Crippen LogP contribution in [0, 0.1) is 6.92 Å². The summed E-state index contributed by atoms with van der Waals surface area (Å²) in [5, 5.41) is 0. The fraction of sp³-hybridized carbons (Fsp3) is 0.333. The molecule has 26 heavy (non-hydrogen) atoms. The Kier molecular flexibility index (Phi) is 3.95. The first kappa shape index (κ1) is 16.3. The van der Waals surface area contributed by atoms with Gasteiger partial charge in [0.2, 0.25) is 0 Å². The van der Waals surface area contributed by atoms with Gasteiger partial charge in [-0.2, -0.15) is 0 Å². The highest BCUT2D eigenvalue weighted by Crippen LogP contribution is 2.28. The molecule has 1 atom stereocenters. The minimum atomic E-state index is -0.666. The number of rotatable bonds is 2. The van der Waals surface area contributed by atoms with Crippen molar-refractivity contribution in [3.8, 4) is 0 Å². The van der Waals surface area contributed by atoms with Gasteiger partial charge in [0.1, 0.15) is 11.4 Å². The van der Waals surface area contributed by atoms with Gasteiger partial charge in [0.25, 0.3) is 11.5 Å². The molecule has 1 aliphatic heterocycles. The van der Waals surface area contributed by atoms with Crippen LogP contribution in [-0.2, 0) is 0 Å². The lowest BCUT2D eigenvalue weighted by Crippen LogP contribution is -2.42. The average molecular weight is 353 g/mol. The van der Waals surface area contributed by atoms with E-state index in [0.29, 0.717) is 13.1 Å². The minimum Gasteiger partial charge on any atom is -0.342 e. The number of aryl methyl sites for hydroxylation is 1. The predicted molar refractivity (Wildman–Crippen MR) is 96.4 cm³/mol. The highest BCUT2D eigenvalue weighted by Gasteiger charge is 2.28. The van der Waals surface area contributed by atoms with E-state index in [2.05, 4.69) is 15.0 Å². The molecule has 0 radical (unpaired) electrons. The zero-order valence-electron chi connectivity index (χ0n) is 14.3. The maximum atomic E-state index is 12.7. The molecule has 1 unspecified atom stereocenters. The van der Waals surface area contributed by atoms with Crippen LogP contribution in [0.4, 0.5) is 0 Å². The third-order valence-electron chi connectivity index (χ3n) is 4.88. The Labute approximate surface area is 148 Å². The topological polar surface area (TPSA) is 115 Å². The smallest absolute Gasteiger partial charge is 0.325 e. The number of para-hydroxylation sites is 1. The number of imidazole rings is 1. The number of hydrogen-bond acceptors (Lipinski definition) is 4. The van der Waals surface area contributed by atoms with E-state index in [1.54, 1.807) is 4.90 Å². The lowest BCUT2D eigenvalue weighted by atomic mass is 9.97. The number of hydrogen-bond donors (Lipinski definition) is 3. The van der Waals surface area contributed by atoms with Gasteiger partial charge in [-0.05, 0) is 31.4 Å². The fourth-order valence-corrected chi connectivity index (χ4v) is 3.51. The SMILES string of the molecule is Cc1cccc2[nH]c(C3CCCN(C(=O)c4c[nH]c(=O)[nH]c4=O)C3)nc12. The van der Waals surface area contributed by atoms with E-state index >= 15 is 0 Å². The Balaban J connectivity index is 1.60. The molecule has 3 heterocycles. The van der Waals surface area contributed by atoms with Crippen LogP contribution in [0.2, 0.25) is 0 Å². The molecule has 3 N–H and O–H groups in total. The van der Waals surface area contributed by atoms with E-state index in [4.69, 9.17) is 4.98 Å². The standard InChI is InChI=1S/C18H19N5O3/c1-10-4-2-6-13-14(10)21-15(20-13)11-5-3-7-23(9-11)17(25)12-8-19-18(26)22-16(12)24/h2,4,6,8,11H,3,5,7,9H2,1H3,(H,20,21)(H2,19,22,24,26). The van der Waals surface area contributed by atoms with Crippen LogP contribution < -0.4 is 11.2 Å². The molecule has 1 amide bonds. The number of benzene rings is 1. The Hall–Kier alpha value is -3.16. The second kappa shape index (κ2) is 6.29. The Morgan fingerprint density at radius 1 is 1.27 bits per heavy atom. The molecular formula is C18H19N5O3. The van der Waals surface area contributed by atoms with Crippen LogP contribution >= 0.6 is 0 Å². The molecule has 8 heteroatoms. The van der Waals surface area contributed by atoms with Crippen LogP contribution in [-0.4, -0.2) is 43.8 Å². The van der Waals surface area contributed by atoms with Crippen molar-refractivity contribution in [3.63, 3.8) is 0 Å². The molecular weight excluding hydrogens is 334 g/mol. The molecule has 0 spiro atoms. The molecule has 8 nitrogen and oxygen atoms in total. The zero-order chi connectivity index (χ0) is 18.3. The van der Waals surface area contributed by atoms with Gasteiger partial charge in [-0.15, -0.1) is 0 Å². The third kappa shape index (κ3) is 2.83. The molecule has 3 aromatic rings. The summed E-state index contributed by atoms with van der Waals surface area (Å²) in [6, 6.07) is 6.00. The number of carbonyl (C=O) groups is 1. The molecule has 1 aliphatic rings. The number of aromatic nitrogens is 4. The Morgan fingerprint density at radius 2 is 2.12 bits per heavy atom. The largest absolute Gasteiger partial charge is 0.342 e. The van der Waals surface area contributed by atoms with Gasteiger partial charge in [0, 0.05) is 25.2 Å². The highest BCUT2D eigenvalue weighted by molar-refractivity contribution is 5.93. The predicted octanol–water partition coefficient (Wildman–Crippen LogP) is 1.27. The van der Waals surface area contributed by atoms with Gasteiger partial charge in [-0.1, -0.05) is 12.1 Å². The van der Waals surface area contributed by atoms with E-state index in [9.17, 15) is 14.4 Å². The van der Waals surface area contributed by atoms with Gasteiger partial charge >= 0.3 is 5.69 Å². The molecule has 1 saturated heterocycles. The highest BCUT2D eigenvalue weighted by atomic mass is 16.2. The number of piperidine rings is 1. The van der Waals surface area contributed by atoms with Crippen molar-refractivity contribution >= 4 is 16.9 Å². The summed E-state index contributed by atoms with van der Waals surface area (Å²) >= 11 is 0. The summed E-state index contributed by atoms with van der Waals surface area (Å²) in [6.45, 7) is 3.08. The normalized spacial score (nSPS) is 17.6. The van der Waals surface area contributed by atoms with Crippen molar-refractivity contribution in [2.24, 2.45) is 0 Å². The van der Waals surface area contributed by atoms with Crippen molar-refractivity contribution in [3.05, 3.63) is 62.2 Å². The van der Waals surface area contributed by atoms with Crippen molar-refractivity contribution < 1.29 is 4.79 Å². The summed E-state index contributed by atoms with van der Waals surface area (Å²) in [7, 11) is 0. The van der Waals surface area contributed by atoms with Crippen LogP contribution in [0.5, 0.6) is 0 Å². The average Bonchev–Trinajstić information content (AvgIpc) is 3.07. The van der Waals surface area contributed by atoms with E-state index in [-0.39, 0.29) is 17.4 Å². The zero-order valence-corrected chi connectivity index (χ0v) is 14.3. The second-order valence-corrected chi connectivity index (χ2v) is 6.67. The van der Waals surface area contributed by atoms with Crippen molar-refractivity contribution in [2.45, 2.75) is 25.7 Å². The van der Waals surface area contributed by atoms with Gasteiger partial charge < -0.3 is 14.9 Å². The first-order valence-corrected chi connectivity index (χ1v) is 8.59. The number of nitrogens with zero attached hydrogens (tertiary/aromatic N) is 2. The van der Waals surface area contributed by atoms with E-state index < -0.39 is 11.2 Å². The fourth-order valence-electron chi connectivity index (χ4n) is 3.51. The van der Waals surface area contributed by atoms with Gasteiger partial charge in [-0.3, -0.25) is 14.6 Å². The number of likely N-dealkylation sites (tertiary alicyclic amines) is 1. The number of H-pyrrole nitrogens is 3. The molecule has 134 valence electrons. The first-order valence-electron chi connectivity index (χ1n) is 8.59. The maximum Gasteiger partial charge on any atom is 0.325 e. The van der Waals surface area contributed by atoms with Gasteiger partial charge in [0.15, 0.2) is 0 Å². The van der Waals surface area contributed by atoms with Crippen molar-refractivity contribution in [1.29, 1.82) is 0 Å². The minimum absolute atomic E-state index is 0.0503. The monoisotopic (exact) mass is 353 g/mol. The molecule has 0 bridgehead atoms. The Morgan fingerprint density at radius 3 is 2.88 bits per heavy atom. The number of carbonyl (C=O) groups excluding carboxylic acids is 1. The van der Waals surface area contributed by atoms with Crippen molar-refractivity contribution in [2.75, 3.05) is 13.1 Å². The number of fused-ring (bicyclic) bond motifs is 1. The summed E-state index contributed by atoms with van der Waals surface area (Å²) in [6.07, 6.45) is 2.93. The molecule has 0 aliphatic carbocycles. The molecule has 0 saturated carbocycles. The molecule has 1 aromatic carbocycles. The quantitative estimate of drug-likeness (QED) is 0.643. The summed E-state index contributed by atoms with van der Waals surface area (Å²) in [5.74, 6) is 0.572. The van der Waals surface area contributed by atoms with Gasteiger partial charge in [-0.25, -0.2) is 9.78 Å². The van der Waals surface area contributed by atoms with Crippen LogP contribution in [0.1, 0.15) is 40.5 Å². The van der Waals surface area contributed by atoms with Crippen LogP contribution in [0.25, 0.3) is 11.0 Å². The second-order valence-electron chi connectivity index (χ2n) is 6.67. The molecule has 1 fully saturated rings. The molecule has 4 rings (SSSR count). The van der Waals surface area contributed by atoms with E-state index in [0.717, 1.165) is 35.3 Å². The third-order valence-corrected chi connectivity index (χ3v) is 4.88. The number of amides is 1. The van der Waals surface area contributed by atoms with Gasteiger partial charge in [0.05, 0.1) is 11.0 Å². The lowest BCUT2D eigenvalue weighted by Gasteiger charge is -2.31. The van der Waals surface area contributed by atoms with E-state index in [1.807, 2.05) is 25.1 Å². The van der Waals surface area contributed by atoms with Crippen LogP contribution in [0.3, 0.4) is 0 Å². The van der Waals surface area contributed by atoms with Crippen molar-refractivity contribution in [1.82, 2.24) is 24.8 Å². The number of aromatic amines is 3. The summed E-state index contributed by atoms with van der Waals surface area (Å²) in [4.78, 5) is 49.9. The Bertz CT molecular complexity index is 1090. The summed E-state index contributed by atoms with van der Waals surface area (Å²) in [5.41, 5.74) is 1.70. The summed E-state index contributed by atoms with van der Waals surface area (Å²) < 4.78 is 0.